The third-order valence-corrected chi connectivity index (χ3v) is 6.32. The van der Waals surface area contributed by atoms with Crippen LogP contribution in [0.15, 0.2) is 0 Å². The minimum atomic E-state index is -1.75. The van der Waals surface area contributed by atoms with Gasteiger partial charge in [-0.3, -0.25) is 0 Å². The molecule has 16 nitrogen and oxygen atoms in total. The Labute approximate surface area is 251 Å². The number of hydrogen-bond acceptors (Lipinski definition) is 13. The summed E-state index contributed by atoms with van der Waals surface area (Å²) in [6.45, 7) is 14.5. The Morgan fingerprint density at radius 2 is 1.14 bits per heavy atom. The summed E-state index contributed by atoms with van der Waals surface area (Å²) in [7, 11) is 0. The van der Waals surface area contributed by atoms with Crippen LogP contribution in [-0.4, -0.2) is 123 Å². The van der Waals surface area contributed by atoms with E-state index in [2.05, 4.69) is 16.0 Å². The van der Waals surface area contributed by atoms with Crippen molar-refractivity contribution in [1.29, 1.82) is 0 Å². The van der Waals surface area contributed by atoms with Gasteiger partial charge in [0, 0.05) is 6.54 Å². The molecule has 250 valence electrons. The second kappa shape index (κ2) is 14.1. The fourth-order valence-electron chi connectivity index (χ4n) is 4.59. The van der Waals surface area contributed by atoms with Crippen LogP contribution in [0, 0.1) is 0 Å². The topological polar surface area (TPSA) is 240 Å². The van der Waals surface area contributed by atoms with Gasteiger partial charge in [0.15, 0.2) is 6.29 Å². The Kier molecular flexibility index (Phi) is 12.0. The molecule has 1 saturated heterocycles. The number of nitrogens with one attached hydrogen (secondary N) is 3. The summed E-state index contributed by atoms with van der Waals surface area (Å²) in [5.74, 6) is 0. The van der Waals surface area contributed by atoms with E-state index in [1.807, 2.05) is 0 Å². The molecule has 10 atom stereocenters. The first-order chi connectivity index (χ1) is 19.5. The molecule has 1 heterocycles. The van der Waals surface area contributed by atoms with E-state index in [0.717, 1.165) is 0 Å². The molecule has 1 aliphatic carbocycles. The van der Waals surface area contributed by atoms with Crippen molar-refractivity contribution in [2.24, 2.45) is 5.73 Å². The van der Waals surface area contributed by atoms with Gasteiger partial charge < -0.3 is 65.8 Å². The molecule has 4 unspecified atom stereocenters. The molecule has 2 fully saturated rings. The number of carbonyl (C=O) groups excluding carboxylic acids is 3. The van der Waals surface area contributed by atoms with E-state index in [-0.39, 0.29) is 13.0 Å². The highest BCUT2D eigenvalue weighted by Gasteiger charge is 2.51. The summed E-state index contributed by atoms with van der Waals surface area (Å²) in [4.78, 5) is 37.8. The number of nitrogens with two attached hydrogens (primary N) is 1. The number of alkyl carbamates (subject to hydrolysis) is 3. The van der Waals surface area contributed by atoms with Crippen LogP contribution in [0.2, 0.25) is 0 Å². The molecule has 0 aromatic heterocycles. The standard InChI is InChI=1S/C27H50N4O12/c1-25(2,3)41-22(36)29-12-10-13(30-23(37)42-26(4,5)6)20(19(35)16(12)32)40-21-15(31-24(38)43-27(7,8)9)18(34)17(33)14(11-28)39-21/h12-21,32-35H,10-11,28H2,1-9H3,(H,29,36)(H,30,37)(H,31,38)/t12-,13?,14?,15?,16?,17-,18+,19+,20-,21-/m0/s1. The second-order valence-corrected chi connectivity index (χ2v) is 13.8. The van der Waals surface area contributed by atoms with Crippen LogP contribution in [0.3, 0.4) is 0 Å². The van der Waals surface area contributed by atoms with Gasteiger partial charge in [-0.05, 0) is 68.7 Å². The lowest BCUT2D eigenvalue weighted by Gasteiger charge is -2.47. The van der Waals surface area contributed by atoms with Crippen LogP contribution in [-0.2, 0) is 23.7 Å². The zero-order valence-electron chi connectivity index (χ0n) is 26.3. The first-order valence-electron chi connectivity index (χ1n) is 14.2. The van der Waals surface area contributed by atoms with Crippen molar-refractivity contribution < 1.29 is 58.5 Å². The summed E-state index contributed by atoms with van der Waals surface area (Å²) in [6.07, 6.45) is -13.5. The highest BCUT2D eigenvalue weighted by atomic mass is 16.7. The van der Waals surface area contributed by atoms with Gasteiger partial charge in [-0.15, -0.1) is 0 Å². The Morgan fingerprint density at radius 1 is 0.698 bits per heavy atom. The number of hydrogen-bond donors (Lipinski definition) is 8. The van der Waals surface area contributed by atoms with Crippen LogP contribution in [0.1, 0.15) is 68.7 Å². The molecule has 43 heavy (non-hydrogen) atoms. The number of carbonyl (C=O) groups is 3. The van der Waals surface area contributed by atoms with Crippen LogP contribution < -0.4 is 21.7 Å². The molecule has 9 N–H and O–H groups in total. The van der Waals surface area contributed by atoms with E-state index in [4.69, 9.17) is 29.4 Å². The third kappa shape index (κ3) is 11.2. The summed E-state index contributed by atoms with van der Waals surface area (Å²) in [5, 5.41) is 51.1. The number of rotatable bonds is 6. The van der Waals surface area contributed by atoms with Crippen molar-refractivity contribution in [3.05, 3.63) is 0 Å². The molecule has 2 aliphatic rings. The second-order valence-electron chi connectivity index (χ2n) is 13.8. The minimum Gasteiger partial charge on any atom is -0.444 e. The molecule has 0 spiro atoms. The predicted octanol–water partition coefficient (Wildman–Crippen LogP) is -0.418. The molecule has 2 rings (SSSR count). The van der Waals surface area contributed by atoms with Gasteiger partial charge in [0.1, 0.15) is 59.5 Å². The van der Waals surface area contributed by atoms with Gasteiger partial charge in [0.2, 0.25) is 0 Å². The lowest BCUT2D eigenvalue weighted by atomic mass is 9.83. The third-order valence-electron chi connectivity index (χ3n) is 6.32. The van der Waals surface area contributed by atoms with Gasteiger partial charge in [-0.2, -0.15) is 0 Å². The SMILES string of the molecule is CC(C)(C)OC(=O)NC1[C@H](O[C@H]2C(NC(=O)OC(C)(C)C)C[C@H](NC(=O)OC(C)(C)C)C(O)[C@H]2O)OC(CN)[C@H](O)[C@@H]1O. The Hall–Kier alpha value is -2.47. The first kappa shape index (κ1) is 36.7. The average molecular weight is 623 g/mol. The fourth-order valence-corrected chi connectivity index (χ4v) is 4.59. The fraction of sp³-hybridized carbons (Fsp3) is 0.889. The van der Waals surface area contributed by atoms with Crippen molar-refractivity contribution >= 4 is 18.3 Å². The highest BCUT2D eigenvalue weighted by Crippen LogP contribution is 2.30. The van der Waals surface area contributed by atoms with Crippen molar-refractivity contribution in [1.82, 2.24) is 16.0 Å². The molecule has 16 heteroatoms. The smallest absolute Gasteiger partial charge is 0.408 e. The summed E-state index contributed by atoms with van der Waals surface area (Å²) in [6, 6.07) is -3.65. The molecule has 0 aromatic rings. The van der Waals surface area contributed by atoms with Crippen LogP contribution in [0.25, 0.3) is 0 Å². The number of aliphatic hydroxyl groups excluding tert-OH is 4. The van der Waals surface area contributed by atoms with Crippen molar-refractivity contribution in [3.8, 4) is 0 Å². The molecule has 0 bridgehead atoms. The number of amides is 3. The zero-order chi connectivity index (χ0) is 33.1. The van der Waals surface area contributed by atoms with Gasteiger partial charge in [-0.1, -0.05) is 0 Å². The lowest BCUT2D eigenvalue weighted by molar-refractivity contribution is -0.292. The van der Waals surface area contributed by atoms with Gasteiger partial charge in [0.05, 0.1) is 12.1 Å². The molecule has 0 aromatic carbocycles. The first-order valence-corrected chi connectivity index (χ1v) is 14.2. The molecule has 1 aliphatic heterocycles. The quantitative estimate of drug-likeness (QED) is 0.176. The van der Waals surface area contributed by atoms with E-state index < -0.39 is 96.1 Å². The van der Waals surface area contributed by atoms with Gasteiger partial charge in [-0.25, -0.2) is 14.4 Å². The van der Waals surface area contributed by atoms with E-state index in [1.54, 1.807) is 62.3 Å². The predicted molar refractivity (Wildman–Crippen MR) is 151 cm³/mol. The maximum atomic E-state index is 12.8. The Bertz CT molecular complexity index is 963. The van der Waals surface area contributed by atoms with E-state index in [0.29, 0.717) is 0 Å². The minimum absolute atomic E-state index is 0.163. The molecule has 0 radical (unpaired) electrons. The molecular weight excluding hydrogens is 572 g/mol. The van der Waals surface area contributed by atoms with E-state index in [9.17, 15) is 34.8 Å². The maximum Gasteiger partial charge on any atom is 0.408 e. The molecular formula is C27H50N4O12. The highest BCUT2D eigenvalue weighted by molar-refractivity contribution is 5.69. The lowest BCUT2D eigenvalue weighted by Crippen LogP contribution is -2.69. The van der Waals surface area contributed by atoms with Crippen LogP contribution >= 0.6 is 0 Å². The normalized spacial score (nSPS) is 33.6. The van der Waals surface area contributed by atoms with Gasteiger partial charge in [0.25, 0.3) is 0 Å². The summed E-state index contributed by atoms with van der Waals surface area (Å²) < 4.78 is 27.7. The van der Waals surface area contributed by atoms with Gasteiger partial charge >= 0.3 is 18.3 Å². The molecule has 1 saturated carbocycles. The van der Waals surface area contributed by atoms with E-state index >= 15 is 0 Å². The van der Waals surface area contributed by atoms with Crippen molar-refractivity contribution in [2.75, 3.05) is 6.54 Å². The number of ether oxygens (including phenoxy) is 5. The van der Waals surface area contributed by atoms with Crippen molar-refractivity contribution in [3.63, 3.8) is 0 Å². The number of aliphatic hydroxyl groups is 4. The van der Waals surface area contributed by atoms with Crippen LogP contribution in [0.5, 0.6) is 0 Å². The maximum absolute atomic E-state index is 12.8. The zero-order valence-corrected chi connectivity index (χ0v) is 26.3. The average Bonchev–Trinajstić information content (AvgIpc) is 2.80. The molecule has 3 amide bonds. The Balaban J connectivity index is 2.39. The van der Waals surface area contributed by atoms with Crippen LogP contribution in [0.4, 0.5) is 14.4 Å². The monoisotopic (exact) mass is 622 g/mol. The largest absolute Gasteiger partial charge is 0.444 e. The van der Waals surface area contributed by atoms with E-state index in [1.165, 1.54) is 0 Å². The van der Waals surface area contributed by atoms with Crippen molar-refractivity contribution in [2.45, 2.75) is 147 Å². The summed E-state index contributed by atoms with van der Waals surface area (Å²) in [5.41, 5.74) is 3.08. The summed E-state index contributed by atoms with van der Waals surface area (Å²) >= 11 is 0. The Morgan fingerprint density at radius 3 is 1.58 bits per heavy atom.